The summed E-state index contributed by atoms with van der Waals surface area (Å²) >= 11 is 0. The molecule has 0 radical (unpaired) electrons. The van der Waals surface area contributed by atoms with Crippen LogP contribution in [0.2, 0.25) is 0 Å². The molecule has 8 nitrogen and oxygen atoms in total. The van der Waals surface area contributed by atoms with Gasteiger partial charge in [-0.3, -0.25) is 15.5 Å². The van der Waals surface area contributed by atoms with Crippen molar-refractivity contribution in [3.05, 3.63) is 64.2 Å². The fraction of sp³-hybridized carbons (Fsp3) is 0.188. The van der Waals surface area contributed by atoms with Gasteiger partial charge < -0.3 is 0 Å². The molecule has 0 bridgehead atoms. The number of anilines is 1. The van der Waals surface area contributed by atoms with Crippen LogP contribution in [0.25, 0.3) is 0 Å². The molecule has 132 valence electrons. The summed E-state index contributed by atoms with van der Waals surface area (Å²) in [6, 6.07) is 12.8. The van der Waals surface area contributed by atoms with Crippen LogP contribution in [0.15, 0.2) is 58.5 Å². The molecule has 0 amide bonds. The zero-order valence-electron chi connectivity index (χ0n) is 13.5. The third-order valence-electron chi connectivity index (χ3n) is 3.40. The van der Waals surface area contributed by atoms with Crippen molar-refractivity contribution in [2.75, 3.05) is 5.43 Å². The van der Waals surface area contributed by atoms with Gasteiger partial charge in [-0.25, -0.2) is 13.6 Å². The van der Waals surface area contributed by atoms with Crippen molar-refractivity contribution >= 4 is 27.1 Å². The van der Waals surface area contributed by atoms with Crippen LogP contribution in [0.1, 0.15) is 25.3 Å². The van der Waals surface area contributed by atoms with Crippen LogP contribution in [0.4, 0.5) is 11.4 Å². The van der Waals surface area contributed by atoms with Crippen LogP contribution in [0.3, 0.4) is 0 Å². The Hall–Kier alpha value is -2.78. The minimum atomic E-state index is -4.03. The summed E-state index contributed by atoms with van der Waals surface area (Å²) in [5.74, 6) is 0. The van der Waals surface area contributed by atoms with Gasteiger partial charge in [-0.1, -0.05) is 43.7 Å². The zero-order chi connectivity index (χ0) is 18.4. The molecule has 0 saturated heterocycles. The van der Waals surface area contributed by atoms with E-state index in [4.69, 9.17) is 5.14 Å². The maximum atomic E-state index is 11.4. The van der Waals surface area contributed by atoms with E-state index in [-0.39, 0.29) is 10.6 Å². The van der Waals surface area contributed by atoms with Crippen LogP contribution in [0.5, 0.6) is 0 Å². The van der Waals surface area contributed by atoms with E-state index in [0.29, 0.717) is 6.42 Å². The van der Waals surface area contributed by atoms with Gasteiger partial charge in [0.15, 0.2) is 0 Å². The van der Waals surface area contributed by atoms with Crippen LogP contribution < -0.4 is 10.6 Å². The van der Waals surface area contributed by atoms with Gasteiger partial charge in [0.2, 0.25) is 10.0 Å². The molecule has 0 saturated carbocycles. The average Bonchev–Trinajstić information content (AvgIpc) is 2.58. The zero-order valence-corrected chi connectivity index (χ0v) is 14.4. The predicted molar refractivity (Wildman–Crippen MR) is 96.0 cm³/mol. The molecule has 2 aromatic carbocycles. The highest BCUT2D eigenvalue weighted by molar-refractivity contribution is 7.89. The molecule has 0 atom stereocenters. The first-order valence-corrected chi connectivity index (χ1v) is 9.06. The van der Waals surface area contributed by atoms with E-state index in [2.05, 4.69) is 10.5 Å². The minimum Gasteiger partial charge on any atom is -0.271 e. The maximum absolute atomic E-state index is 11.4. The van der Waals surface area contributed by atoms with E-state index in [1.165, 1.54) is 12.1 Å². The van der Waals surface area contributed by atoms with E-state index in [9.17, 15) is 18.5 Å². The molecule has 2 aromatic rings. The summed E-state index contributed by atoms with van der Waals surface area (Å²) in [7, 11) is -4.03. The number of hydrogen-bond acceptors (Lipinski definition) is 6. The van der Waals surface area contributed by atoms with E-state index in [1.807, 2.05) is 37.3 Å². The number of nitrogens with two attached hydrogens (primary N) is 1. The van der Waals surface area contributed by atoms with Gasteiger partial charge in [0, 0.05) is 6.07 Å². The van der Waals surface area contributed by atoms with Crippen molar-refractivity contribution in [3.63, 3.8) is 0 Å². The lowest BCUT2D eigenvalue weighted by molar-refractivity contribution is -0.384. The summed E-state index contributed by atoms with van der Waals surface area (Å²) in [6.07, 6.45) is 1.53. The number of nitrogens with one attached hydrogen (secondary N) is 1. The van der Waals surface area contributed by atoms with Gasteiger partial charge in [0.05, 0.1) is 15.5 Å². The van der Waals surface area contributed by atoms with Gasteiger partial charge >= 0.3 is 0 Å². The molecule has 0 fully saturated rings. The summed E-state index contributed by atoms with van der Waals surface area (Å²) in [4.78, 5) is 10.2. The topological polar surface area (TPSA) is 128 Å². The lowest BCUT2D eigenvalue weighted by Gasteiger charge is -2.08. The van der Waals surface area contributed by atoms with Crippen molar-refractivity contribution < 1.29 is 13.3 Å². The molecule has 25 heavy (non-hydrogen) atoms. The minimum absolute atomic E-state index is 0.0851. The number of benzene rings is 2. The van der Waals surface area contributed by atoms with E-state index >= 15 is 0 Å². The molecule has 0 heterocycles. The lowest BCUT2D eigenvalue weighted by atomic mass is 10.1. The number of hydrogen-bond donors (Lipinski definition) is 2. The summed E-state index contributed by atoms with van der Waals surface area (Å²) < 4.78 is 22.7. The fourth-order valence-electron chi connectivity index (χ4n) is 2.19. The number of nitrogens with zero attached hydrogens (tertiary/aromatic N) is 2. The number of primary sulfonamides is 1. The summed E-state index contributed by atoms with van der Waals surface area (Å²) in [5.41, 5.74) is 3.98. The van der Waals surface area contributed by atoms with Crippen molar-refractivity contribution in [2.45, 2.75) is 24.7 Å². The van der Waals surface area contributed by atoms with E-state index in [0.717, 1.165) is 23.8 Å². The largest absolute Gasteiger partial charge is 0.295 e. The molecule has 0 unspecified atom stereocenters. The van der Waals surface area contributed by atoms with Crippen molar-refractivity contribution in [1.29, 1.82) is 0 Å². The Labute approximate surface area is 145 Å². The highest BCUT2D eigenvalue weighted by Gasteiger charge is 2.19. The molecule has 3 N–H and O–H groups in total. The fourth-order valence-corrected chi connectivity index (χ4v) is 2.73. The second-order valence-electron chi connectivity index (χ2n) is 5.27. The van der Waals surface area contributed by atoms with Crippen molar-refractivity contribution in [3.8, 4) is 0 Å². The Kier molecular flexibility index (Phi) is 5.84. The molecular weight excluding hydrogens is 344 g/mol. The molecular formula is C16H18N4O4S. The number of hydrazone groups is 1. The highest BCUT2D eigenvalue weighted by atomic mass is 32.2. The Bertz CT molecular complexity index is 896. The Morgan fingerprint density at radius 1 is 1.24 bits per heavy atom. The molecule has 0 aliphatic rings. The molecule has 0 aromatic heterocycles. The number of nitro benzene ring substituents is 1. The molecule has 0 aliphatic heterocycles. The Balaban J connectivity index is 2.39. The molecule has 9 heteroatoms. The number of sulfonamides is 1. The van der Waals surface area contributed by atoms with Gasteiger partial charge in [0.1, 0.15) is 5.69 Å². The van der Waals surface area contributed by atoms with Crippen LogP contribution in [0, 0.1) is 10.1 Å². The maximum Gasteiger partial charge on any atom is 0.295 e. The normalized spacial score (nSPS) is 12.0. The first kappa shape index (κ1) is 18.6. The summed E-state index contributed by atoms with van der Waals surface area (Å²) in [6.45, 7) is 2.00. The number of rotatable bonds is 7. The first-order valence-electron chi connectivity index (χ1n) is 7.52. The number of nitro groups is 1. The van der Waals surface area contributed by atoms with Gasteiger partial charge in [-0.2, -0.15) is 5.10 Å². The monoisotopic (exact) mass is 362 g/mol. The van der Waals surface area contributed by atoms with Crippen LogP contribution >= 0.6 is 0 Å². The standard InChI is InChI=1S/C16H18N4O4S/c1-2-6-14(12-7-4-3-5-8-12)18-19-15-10-9-13(25(17,23)24)11-16(15)20(21)22/h3-5,7-11,19H,2,6H2,1H3,(H2,17,23,24)/b18-14+. The second kappa shape index (κ2) is 7.86. The third kappa shape index (κ3) is 4.85. The first-order chi connectivity index (χ1) is 11.8. The van der Waals surface area contributed by atoms with Gasteiger partial charge in [0.25, 0.3) is 5.69 Å². The Morgan fingerprint density at radius 2 is 1.92 bits per heavy atom. The second-order valence-corrected chi connectivity index (χ2v) is 6.83. The SMILES string of the molecule is CCC/C(=N\Nc1ccc(S(N)(=O)=O)cc1[N+](=O)[O-])c1ccccc1. The van der Waals surface area contributed by atoms with Crippen LogP contribution in [-0.4, -0.2) is 19.1 Å². The quantitative estimate of drug-likeness (QED) is 0.445. The third-order valence-corrected chi connectivity index (χ3v) is 4.31. The van der Waals surface area contributed by atoms with Gasteiger partial charge in [-0.05, 0) is 24.1 Å². The average molecular weight is 362 g/mol. The predicted octanol–water partition coefficient (Wildman–Crippen LogP) is 2.86. The lowest BCUT2D eigenvalue weighted by Crippen LogP contribution is -2.12. The highest BCUT2D eigenvalue weighted by Crippen LogP contribution is 2.27. The summed E-state index contributed by atoms with van der Waals surface area (Å²) in [5, 5.41) is 20.5. The van der Waals surface area contributed by atoms with Crippen LogP contribution in [-0.2, 0) is 10.0 Å². The smallest absolute Gasteiger partial charge is 0.271 e. The molecule has 0 spiro atoms. The van der Waals surface area contributed by atoms with Crippen molar-refractivity contribution in [1.82, 2.24) is 0 Å². The Morgan fingerprint density at radius 3 is 2.48 bits per heavy atom. The van der Waals surface area contributed by atoms with Gasteiger partial charge in [-0.15, -0.1) is 0 Å². The van der Waals surface area contributed by atoms with E-state index in [1.54, 1.807) is 0 Å². The van der Waals surface area contributed by atoms with E-state index < -0.39 is 20.6 Å². The molecule has 0 aliphatic carbocycles. The molecule has 2 rings (SSSR count). The van der Waals surface area contributed by atoms with Crippen molar-refractivity contribution in [2.24, 2.45) is 10.2 Å².